The van der Waals surface area contributed by atoms with E-state index in [0.29, 0.717) is 12.2 Å². The van der Waals surface area contributed by atoms with Crippen molar-refractivity contribution >= 4 is 5.69 Å². The van der Waals surface area contributed by atoms with E-state index in [2.05, 4.69) is 20.8 Å². The molecule has 0 unspecified atom stereocenters. The highest BCUT2D eigenvalue weighted by Crippen LogP contribution is 2.26. The summed E-state index contributed by atoms with van der Waals surface area (Å²) in [6, 6.07) is 9.97. The van der Waals surface area contributed by atoms with Crippen LogP contribution in [0.1, 0.15) is 39.0 Å². The standard InChI is InChI=1S/C16H23N3O/c1-5-18-14(16(2,3)4)13(17)15(20)19(18)11-12-9-7-6-8-10-12/h6-10H,5,11,17H2,1-4H3. The third-order valence-corrected chi connectivity index (χ3v) is 3.45. The predicted molar refractivity (Wildman–Crippen MR) is 83.0 cm³/mol. The lowest BCUT2D eigenvalue weighted by Gasteiger charge is -2.22. The summed E-state index contributed by atoms with van der Waals surface area (Å²) in [5.74, 6) is 0. The molecular formula is C16H23N3O. The van der Waals surface area contributed by atoms with Gasteiger partial charge in [-0.2, -0.15) is 0 Å². The van der Waals surface area contributed by atoms with Gasteiger partial charge in [-0.25, -0.2) is 4.68 Å². The quantitative estimate of drug-likeness (QED) is 0.934. The van der Waals surface area contributed by atoms with Crippen LogP contribution in [0.3, 0.4) is 0 Å². The highest BCUT2D eigenvalue weighted by atomic mass is 16.1. The van der Waals surface area contributed by atoms with Crippen LogP contribution in [0.25, 0.3) is 0 Å². The van der Waals surface area contributed by atoms with Crippen molar-refractivity contribution in [2.24, 2.45) is 0 Å². The Morgan fingerprint density at radius 3 is 2.20 bits per heavy atom. The third-order valence-electron chi connectivity index (χ3n) is 3.45. The summed E-state index contributed by atoms with van der Waals surface area (Å²) in [5.41, 5.74) is 8.20. The lowest BCUT2D eigenvalue weighted by molar-refractivity contribution is 0.428. The summed E-state index contributed by atoms with van der Waals surface area (Å²) >= 11 is 0. The predicted octanol–water partition coefficient (Wildman–Crippen LogP) is 2.60. The highest BCUT2D eigenvalue weighted by Gasteiger charge is 2.26. The van der Waals surface area contributed by atoms with Crippen molar-refractivity contribution in [1.82, 2.24) is 9.36 Å². The Labute approximate surface area is 119 Å². The zero-order chi connectivity index (χ0) is 14.9. The minimum Gasteiger partial charge on any atom is -0.393 e. The normalized spacial score (nSPS) is 11.8. The number of nitrogen functional groups attached to an aromatic ring is 1. The van der Waals surface area contributed by atoms with Crippen LogP contribution in [0.5, 0.6) is 0 Å². The smallest absolute Gasteiger partial charge is 0.290 e. The molecule has 0 radical (unpaired) electrons. The SMILES string of the molecule is CCn1c(C(C)(C)C)c(N)c(=O)n1Cc1ccccc1. The van der Waals surface area contributed by atoms with E-state index in [9.17, 15) is 4.79 Å². The van der Waals surface area contributed by atoms with E-state index in [4.69, 9.17) is 5.73 Å². The summed E-state index contributed by atoms with van der Waals surface area (Å²) in [4.78, 5) is 12.4. The first-order valence-electron chi connectivity index (χ1n) is 6.99. The number of nitrogens with zero attached hydrogens (tertiary/aromatic N) is 2. The van der Waals surface area contributed by atoms with Gasteiger partial charge in [-0.3, -0.25) is 9.48 Å². The number of benzene rings is 1. The molecule has 1 heterocycles. The van der Waals surface area contributed by atoms with E-state index in [1.54, 1.807) is 4.68 Å². The van der Waals surface area contributed by atoms with E-state index >= 15 is 0 Å². The number of aromatic nitrogens is 2. The van der Waals surface area contributed by atoms with E-state index in [-0.39, 0.29) is 11.0 Å². The molecule has 0 aliphatic rings. The van der Waals surface area contributed by atoms with Gasteiger partial charge in [-0.15, -0.1) is 0 Å². The van der Waals surface area contributed by atoms with Crippen molar-refractivity contribution in [3.63, 3.8) is 0 Å². The minimum absolute atomic E-state index is 0.0966. The fraction of sp³-hybridized carbons (Fsp3) is 0.438. The first-order chi connectivity index (χ1) is 9.36. The summed E-state index contributed by atoms with van der Waals surface area (Å²) in [7, 11) is 0. The Bertz CT molecular complexity index is 645. The first-order valence-corrected chi connectivity index (χ1v) is 6.99. The molecule has 1 aromatic carbocycles. The van der Waals surface area contributed by atoms with Crippen LogP contribution in [-0.4, -0.2) is 9.36 Å². The van der Waals surface area contributed by atoms with Gasteiger partial charge in [-0.1, -0.05) is 51.1 Å². The Morgan fingerprint density at radius 2 is 1.70 bits per heavy atom. The average Bonchev–Trinajstić information content (AvgIpc) is 2.64. The molecule has 1 aromatic heterocycles. The molecule has 0 atom stereocenters. The Hall–Kier alpha value is -1.97. The maximum absolute atomic E-state index is 12.4. The lowest BCUT2D eigenvalue weighted by Crippen LogP contribution is -2.26. The molecule has 0 bridgehead atoms. The number of nitrogens with two attached hydrogens (primary N) is 1. The fourth-order valence-electron chi connectivity index (χ4n) is 2.64. The van der Waals surface area contributed by atoms with E-state index in [1.807, 2.05) is 41.9 Å². The molecule has 0 aliphatic heterocycles. The number of hydrogen-bond donors (Lipinski definition) is 1. The van der Waals surface area contributed by atoms with Gasteiger partial charge in [0.15, 0.2) is 0 Å². The Morgan fingerprint density at radius 1 is 1.10 bits per heavy atom. The van der Waals surface area contributed by atoms with Crippen molar-refractivity contribution in [3.05, 3.63) is 51.9 Å². The second-order valence-electron chi connectivity index (χ2n) is 6.08. The van der Waals surface area contributed by atoms with Crippen LogP contribution in [0, 0.1) is 0 Å². The maximum Gasteiger partial charge on any atom is 0.290 e. The Balaban J connectivity index is 2.57. The van der Waals surface area contributed by atoms with Gasteiger partial charge in [0.2, 0.25) is 0 Å². The van der Waals surface area contributed by atoms with E-state index in [0.717, 1.165) is 17.8 Å². The molecule has 2 N–H and O–H groups in total. The van der Waals surface area contributed by atoms with Crippen LogP contribution < -0.4 is 11.3 Å². The van der Waals surface area contributed by atoms with Crippen LogP contribution in [0.2, 0.25) is 0 Å². The third kappa shape index (κ3) is 2.50. The molecule has 4 heteroatoms. The Kier molecular flexibility index (Phi) is 3.75. The van der Waals surface area contributed by atoms with Crippen LogP contribution in [-0.2, 0) is 18.5 Å². The zero-order valence-corrected chi connectivity index (χ0v) is 12.7. The molecule has 0 aliphatic carbocycles. The van der Waals surface area contributed by atoms with Crippen molar-refractivity contribution in [2.75, 3.05) is 5.73 Å². The van der Waals surface area contributed by atoms with Crippen molar-refractivity contribution < 1.29 is 0 Å². The molecule has 20 heavy (non-hydrogen) atoms. The summed E-state index contributed by atoms with van der Waals surface area (Å²) < 4.78 is 3.75. The van der Waals surface area contributed by atoms with Gasteiger partial charge in [0, 0.05) is 12.0 Å². The summed E-state index contributed by atoms with van der Waals surface area (Å²) in [6.45, 7) is 9.56. The van der Waals surface area contributed by atoms with Crippen molar-refractivity contribution in [3.8, 4) is 0 Å². The topological polar surface area (TPSA) is 52.9 Å². The van der Waals surface area contributed by atoms with Gasteiger partial charge >= 0.3 is 0 Å². The highest BCUT2D eigenvalue weighted by molar-refractivity contribution is 5.45. The summed E-state index contributed by atoms with van der Waals surface area (Å²) in [5, 5.41) is 0. The monoisotopic (exact) mass is 273 g/mol. The first kappa shape index (κ1) is 14.4. The molecule has 0 saturated carbocycles. The van der Waals surface area contributed by atoms with Crippen LogP contribution in [0.4, 0.5) is 5.69 Å². The summed E-state index contributed by atoms with van der Waals surface area (Å²) in [6.07, 6.45) is 0. The van der Waals surface area contributed by atoms with Crippen LogP contribution in [0.15, 0.2) is 35.1 Å². The molecule has 0 saturated heterocycles. The largest absolute Gasteiger partial charge is 0.393 e. The second kappa shape index (κ2) is 5.19. The molecule has 2 rings (SSSR count). The molecule has 108 valence electrons. The molecule has 4 nitrogen and oxygen atoms in total. The molecule has 0 fully saturated rings. The minimum atomic E-state index is -0.152. The van der Waals surface area contributed by atoms with Gasteiger partial charge < -0.3 is 5.73 Å². The maximum atomic E-state index is 12.4. The lowest BCUT2D eigenvalue weighted by atomic mass is 9.91. The number of rotatable bonds is 3. The van der Waals surface area contributed by atoms with Crippen LogP contribution >= 0.6 is 0 Å². The van der Waals surface area contributed by atoms with Crippen molar-refractivity contribution in [2.45, 2.75) is 46.2 Å². The molecule has 0 spiro atoms. The second-order valence-corrected chi connectivity index (χ2v) is 6.08. The fourth-order valence-corrected chi connectivity index (χ4v) is 2.64. The van der Waals surface area contributed by atoms with Gasteiger partial charge in [0.1, 0.15) is 5.69 Å². The average molecular weight is 273 g/mol. The van der Waals surface area contributed by atoms with E-state index < -0.39 is 0 Å². The van der Waals surface area contributed by atoms with Gasteiger partial charge in [0.25, 0.3) is 5.56 Å². The molecular weight excluding hydrogens is 250 g/mol. The zero-order valence-electron chi connectivity index (χ0n) is 12.7. The molecule has 0 amide bonds. The van der Waals surface area contributed by atoms with E-state index in [1.165, 1.54) is 0 Å². The molecule has 2 aromatic rings. The number of anilines is 1. The van der Waals surface area contributed by atoms with Crippen molar-refractivity contribution in [1.29, 1.82) is 0 Å². The van der Waals surface area contributed by atoms with Gasteiger partial charge in [-0.05, 0) is 12.5 Å². The van der Waals surface area contributed by atoms with Gasteiger partial charge in [0.05, 0.1) is 12.2 Å². The number of hydrogen-bond acceptors (Lipinski definition) is 2.